The highest BCUT2D eigenvalue weighted by Gasteiger charge is 2.13. The first kappa shape index (κ1) is 15.5. The quantitative estimate of drug-likeness (QED) is 0.407. The number of Topliss-reactive ketones (excluding diaryl/α,β-unsaturated/α-hetero) is 1. The molecule has 0 aliphatic heterocycles. The second-order valence-corrected chi connectivity index (χ2v) is 4.77. The molecule has 0 atom stereocenters. The SMILES string of the molecule is COC(=O)/C(=C/c1ccc(O)cc1)c1ccc(C(C)=O)cc1. The molecule has 112 valence electrons. The van der Waals surface area contributed by atoms with Crippen LogP contribution in [0.5, 0.6) is 5.75 Å². The average molecular weight is 296 g/mol. The molecule has 2 rings (SSSR count). The highest BCUT2D eigenvalue weighted by atomic mass is 16.5. The molecule has 2 aromatic rings. The van der Waals surface area contributed by atoms with Gasteiger partial charge in [-0.25, -0.2) is 4.79 Å². The molecule has 1 N–H and O–H groups in total. The molecule has 0 aliphatic rings. The van der Waals surface area contributed by atoms with Gasteiger partial charge in [-0.05, 0) is 36.3 Å². The van der Waals surface area contributed by atoms with Crippen molar-refractivity contribution in [3.63, 3.8) is 0 Å². The van der Waals surface area contributed by atoms with Gasteiger partial charge in [-0.3, -0.25) is 4.79 Å². The fourth-order valence-electron chi connectivity index (χ4n) is 1.99. The van der Waals surface area contributed by atoms with Crippen LogP contribution in [0.3, 0.4) is 0 Å². The van der Waals surface area contributed by atoms with E-state index in [1.807, 2.05) is 0 Å². The minimum atomic E-state index is -0.469. The van der Waals surface area contributed by atoms with Gasteiger partial charge in [-0.1, -0.05) is 36.4 Å². The Balaban J connectivity index is 2.43. The number of hydrogen-bond acceptors (Lipinski definition) is 4. The first-order chi connectivity index (χ1) is 10.5. The number of rotatable bonds is 4. The van der Waals surface area contributed by atoms with Crippen molar-refractivity contribution >= 4 is 23.4 Å². The fraction of sp³-hybridized carbons (Fsp3) is 0.111. The summed E-state index contributed by atoms with van der Waals surface area (Å²) >= 11 is 0. The topological polar surface area (TPSA) is 63.6 Å². The third-order valence-electron chi connectivity index (χ3n) is 3.21. The molecule has 0 radical (unpaired) electrons. The first-order valence-corrected chi connectivity index (χ1v) is 6.71. The third-order valence-corrected chi connectivity index (χ3v) is 3.21. The van der Waals surface area contributed by atoms with E-state index in [9.17, 15) is 14.7 Å². The summed E-state index contributed by atoms with van der Waals surface area (Å²) in [5.41, 5.74) is 2.37. The number of phenols is 1. The minimum Gasteiger partial charge on any atom is -0.508 e. The van der Waals surface area contributed by atoms with Crippen LogP contribution >= 0.6 is 0 Å². The lowest BCUT2D eigenvalue weighted by Crippen LogP contribution is -2.04. The lowest BCUT2D eigenvalue weighted by molar-refractivity contribution is -0.133. The van der Waals surface area contributed by atoms with Gasteiger partial charge in [0, 0.05) is 5.56 Å². The summed E-state index contributed by atoms with van der Waals surface area (Å²) in [6, 6.07) is 13.2. The van der Waals surface area contributed by atoms with Gasteiger partial charge in [0.25, 0.3) is 0 Å². The number of benzene rings is 2. The Morgan fingerprint density at radius 2 is 1.50 bits per heavy atom. The van der Waals surface area contributed by atoms with Crippen molar-refractivity contribution in [1.29, 1.82) is 0 Å². The number of ether oxygens (including phenoxy) is 1. The standard InChI is InChI=1S/C18H16O4/c1-12(19)14-5-7-15(8-6-14)17(18(21)22-2)11-13-3-9-16(20)10-4-13/h3-11,20H,1-2H3/b17-11+. The number of carbonyl (C=O) groups is 2. The van der Waals surface area contributed by atoms with E-state index in [0.717, 1.165) is 5.56 Å². The van der Waals surface area contributed by atoms with Gasteiger partial charge in [0.05, 0.1) is 12.7 Å². The summed E-state index contributed by atoms with van der Waals surface area (Å²) in [5, 5.41) is 9.30. The van der Waals surface area contributed by atoms with Crippen LogP contribution in [0.1, 0.15) is 28.4 Å². The van der Waals surface area contributed by atoms with Crippen molar-refractivity contribution in [2.45, 2.75) is 6.92 Å². The number of aromatic hydroxyl groups is 1. The van der Waals surface area contributed by atoms with Gasteiger partial charge in [-0.15, -0.1) is 0 Å². The van der Waals surface area contributed by atoms with E-state index in [0.29, 0.717) is 16.7 Å². The van der Waals surface area contributed by atoms with E-state index in [1.54, 1.807) is 54.6 Å². The van der Waals surface area contributed by atoms with E-state index in [1.165, 1.54) is 14.0 Å². The van der Waals surface area contributed by atoms with Crippen molar-refractivity contribution in [3.8, 4) is 5.75 Å². The van der Waals surface area contributed by atoms with Crippen molar-refractivity contribution in [2.24, 2.45) is 0 Å². The van der Waals surface area contributed by atoms with Crippen LogP contribution in [0.15, 0.2) is 48.5 Å². The molecule has 0 unspecified atom stereocenters. The Bertz CT molecular complexity index is 710. The molecule has 0 heterocycles. The molecule has 0 spiro atoms. The van der Waals surface area contributed by atoms with Crippen LogP contribution in [0.4, 0.5) is 0 Å². The number of phenolic OH excluding ortho intramolecular Hbond substituents is 1. The van der Waals surface area contributed by atoms with Crippen molar-refractivity contribution in [1.82, 2.24) is 0 Å². The largest absolute Gasteiger partial charge is 0.508 e. The fourth-order valence-corrected chi connectivity index (χ4v) is 1.99. The first-order valence-electron chi connectivity index (χ1n) is 6.71. The van der Waals surface area contributed by atoms with E-state index in [-0.39, 0.29) is 11.5 Å². The maximum Gasteiger partial charge on any atom is 0.338 e. The normalized spacial score (nSPS) is 11.1. The Kier molecular flexibility index (Phi) is 4.73. The summed E-state index contributed by atoms with van der Waals surface area (Å²) < 4.78 is 4.82. The molecule has 0 bridgehead atoms. The second kappa shape index (κ2) is 6.72. The van der Waals surface area contributed by atoms with Gasteiger partial charge in [0.2, 0.25) is 0 Å². The van der Waals surface area contributed by atoms with Crippen molar-refractivity contribution in [3.05, 3.63) is 65.2 Å². The van der Waals surface area contributed by atoms with Crippen LogP contribution in [-0.2, 0) is 9.53 Å². The average Bonchev–Trinajstić information content (AvgIpc) is 2.53. The second-order valence-electron chi connectivity index (χ2n) is 4.77. The van der Waals surface area contributed by atoms with Gasteiger partial charge in [0.15, 0.2) is 5.78 Å². The Morgan fingerprint density at radius 3 is 2.00 bits per heavy atom. The predicted octanol–water partition coefficient (Wildman–Crippen LogP) is 3.31. The lowest BCUT2D eigenvalue weighted by atomic mass is 10.0. The zero-order valence-corrected chi connectivity index (χ0v) is 12.4. The van der Waals surface area contributed by atoms with Gasteiger partial charge < -0.3 is 9.84 Å². The summed E-state index contributed by atoms with van der Waals surface area (Å²) in [7, 11) is 1.32. The summed E-state index contributed by atoms with van der Waals surface area (Å²) in [4.78, 5) is 23.3. The van der Waals surface area contributed by atoms with E-state index in [4.69, 9.17) is 4.74 Å². The van der Waals surface area contributed by atoms with Crippen LogP contribution in [0.2, 0.25) is 0 Å². The van der Waals surface area contributed by atoms with Crippen molar-refractivity contribution in [2.75, 3.05) is 7.11 Å². The third kappa shape index (κ3) is 3.61. The van der Waals surface area contributed by atoms with Crippen LogP contribution < -0.4 is 0 Å². The monoisotopic (exact) mass is 296 g/mol. The van der Waals surface area contributed by atoms with Crippen molar-refractivity contribution < 1.29 is 19.4 Å². The molecule has 0 aromatic heterocycles. The maximum atomic E-state index is 12.0. The Labute approximate surface area is 128 Å². The molecular weight excluding hydrogens is 280 g/mol. The molecule has 0 saturated heterocycles. The molecule has 0 fully saturated rings. The van der Waals surface area contributed by atoms with E-state index in [2.05, 4.69) is 0 Å². The maximum absolute atomic E-state index is 12.0. The zero-order chi connectivity index (χ0) is 16.1. The molecule has 0 amide bonds. The number of ketones is 1. The molecular formula is C18H16O4. The van der Waals surface area contributed by atoms with Crippen LogP contribution in [0.25, 0.3) is 11.6 Å². The molecule has 0 saturated carbocycles. The van der Waals surface area contributed by atoms with Gasteiger partial charge in [-0.2, -0.15) is 0 Å². The number of methoxy groups -OCH3 is 1. The Hall–Kier alpha value is -2.88. The van der Waals surface area contributed by atoms with Gasteiger partial charge in [0.1, 0.15) is 5.75 Å². The zero-order valence-electron chi connectivity index (χ0n) is 12.4. The summed E-state index contributed by atoms with van der Waals surface area (Å²) in [6.07, 6.45) is 1.67. The number of esters is 1. The van der Waals surface area contributed by atoms with E-state index < -0.39 is 5.97 Å². The van der Waals surface area contributed by atoms with Gasteiger partial charge >= 0.3 is 5.97 Å². The smallest absolute Gasteiger partial charge is 0.338 e. The molecule has 22 heavy (non-hydrogen) atoms. The Morgan fingerprint density at radius 1 is 0.955 bits per heavy atom. The summed E-state index contributed by atoms with van der Waals surface area (Å²) in [5.74, 6) is -0.347. The minimum absolute atomic E-state index is 0.0336. The molecule has 0 aliphatic carbocycles. The molecule has 2 aromatic carbocycles. The number of hydrogen-bond donors (Lipinski definition) is 1. The predicted molar refractivity (Wildman–Crippen MR) is 84.4 cm³/mol. The van der Waals surface area contributed by atoms with Crippen LogP contribution in [-0.4, -0.2) is 24.0 Å². The lowest BCUT2D eigenvalue weighted by Gasteiger charge is -2.07. The molecule has 4 nitrogen and oxygen atoms in total. The molecule has 4 heteroatoms. The van der Waals surface area contributed by atoms with Crippen LogP contribution in [0, 0.1) is 0 Å². The highest BCUT2D eigenvalue weighted by Crippen LogP contribution is 2.21. The number of carbonyl (C=O) groups excluding carboxylic acids is 2. The highest BCUT2D eigenvalue weighted by molar-refractivity contribution is 6.21. The van der Waals surface area contributed by atoms with E-state index >= 15 is 0 Å². The summed E-state index contributed by atoms with van der Waals surface area (Å²) in [6.45, 7) is 1.49.